The number of hydrogen-bond acceptors (Lipinski definition) is 1. The summed E-state index contributed by atoms with van der Waals surface area (Å²) in [5, 5.41) is 3.98. The SMILES string of the molecule is O=C(CCc1ccccc1Cl)N[C@@H]1C[C@@H]2CC[C@@H]1C2. The van der Waals surface area contributed by atoms with Gasteiger partial charge in [-0.15, -0.1) is 0 Å². The van der Waals surface area contributed by atoms with Crippen LogP contribution in [0.15, 0.2) is 24.3 Å². The summed E-state index contributed by atoms with van der Waals surface area (Å²) in [5.74, 6) is 1.80. The molecule has 2 aliphatic rings. The maximum atomic E-state index is 12.0. The molecule has 0 radical (unpaired) electrons. The van der Waals surface area contributed by atoms with Gasteiger partial charge in [0.2, 0.25) is 5.91 Å². The highest BCUT2D eigenvalue weighted by molar-refractivity contribution is 6.31. The Morgan fingerprint density at radius 2 is 2.11 bits per heavy atom. The molecule has 3 atom stereocenters. The number of benzene rings is 1. The average Bonchev–Trinajstić information content (AvgIpc) is 3.00. The van der Waals surface area contributed by atoms with Crippen LogP contribution in [0.5, 0.6) is 0 Å². The first-order valence-electron chi connectivity index (χ1n) is 7.25. The Morgan fingerprint density at radius 3 is 2.79 bits per heavy atom. The maximum absolute atomic E-state index is 12.0. The third-order valence-corrected chi connectivity index (χ3v) is 5.03. The van der Waals surface area contributed by atoms with E-state index in [1.807, 2.05) is 24.3 Å². The number of fused-ring (bicyclic) bond motifs is 2. The summed E-state index contributed by atoms with van der Waals surface area (Å²) in [6.07, 6.45) is 6.47. The van der Waals surface area contributed by atoms with Crippen LogP contribution in [0.4, 0.5) is 0 Å². The van der Waals surface area contributed by atoms with Crippen LogP contribution in [0.2, 0.25) is 5.02 Å². The lowest BCUT2D eigenvalue weighted by molar-refractivity contribution is -0.122. The standard InChI is InChI=1S/C16H20ClNO/c17-14-4-2-1-3-12(14)7-8-16(19)18-15-10-11-5-6-13(15)9-11/h1-4,11,13,15H,5-10H2,(H,18,19)/t11-,13-,15-/m1/s1. The van der Waals surface area contributed by atoms with E-state index < -0.39 is 0 Å². The van der Waals surface area contributed by atoms with Crippen LogP contribution in [0, 0.1) is 11.8 Å². The van der Waals surface area contributed by atoms with Gasteiger partial charge in [-0.3, -0.25) is 4.79 Å². The summed E-state index contributed by atoms with van der Waals surface area (Å²) < 4.78 is 0. The lowest BCUT2D eigenvalue weighted by Gasteiger charge is -2.22. The van der Waals surface area contributed by atoms with Crippen LogP contribution in [-0.4, -0.2) is 11.9 Å². The van der Waals surface area contributed by atoms with Gasteiger partial charge >= 0.3 is 0 Å². The highest BCUT2D eigenvalue weighted by Crippen LogP contribution is 2.44. The van der Waals surface area contributed by atoms with Crippen molar-refractivity contribution >= 4 is 17.5 Å². The molecular formula is C16H20ClNO. The van der Waals surface area contributed by atoms with E-state index in [2.05, 4.69) is 5.32 Å². The molecule has 0 aliphatic heterocycles. The minimum absolute atomic E-state index is 0.178. The van der Waals surface area contributed by atoms with Crippen molar-refractivity contribution in [2.45, 2.75) is 44.6 Å². The predicted molar refractivity (Wildman–Crippen MR) is 77.2 cm³/mol. The van der Waals surface area contributed by atoms with E-state index >= 15 is 0 Å². The van der Waals surface area contributed by atoms with Crippen molar-refractivity contribution in [3.8, 4) is 0 Å². The fourth-order valence-electron chi connectivity index (χ4n) is 3.65. The van der Waals surface area contributed by atoms with Gasteiger partial charge in [0, 0.05) is 17.5 Å². The zero-order valence-corrected chi connectivity index (χ0v) is 11.8. The highest BCUT2D eigenvalue weighted by Gasteiger charge is 2.39. The Kier molecular flexibility index (Phi) is 3.79. The van der Waals surface area contributed by atoms with Gasteiger partial charge in [-0.25, -0.2) is 0 Å². The van der Waals surface area contributed by atoms with E-state index in [4.69, 9.17) is 11.6 Å². The van der Waals surface area contributed by atoms with Gasteiger partial charge in [-0.2, -0.15) is 0 Å². The minimum atomic E-state index is 0.178. The number of aryl methyl sites for hydroxylation is 1. The van der Waals surface area contributed by atoms with Gasteiger partial charge in [0.05, 0.1) is 0 Å². The molecule has 2 aliphatic carbocycles. The Morgan fingerprint density at radius 1 is 1.26 bits per heavy atom. The van der Waals surface area contributed by atoms with Crippen LogP contribution in [0.1, 0.15) is 37.7 Å². The van der Waals surface area contributed by atoms with Crippen LogP contribution in [0.25, 0.3) is 0 Å². The molecule has 102 valence electrons. The van der Waals surface area contributed by atoms with Crippen molar-refractivity contribution in [2.75, 3.05) is 0 Å². The Hall–Kier alpha value is -1.02. The molecular weight excluding hydrogens is 258 g/mol. The summed E-state index contributed by atoms with van der Waals surface area (Å²) >= 11 is 6.10. The molecule has 3 heteroatoms. The number of nitrogens with one attached hydrogen (secondary N) is 1. The lowest BCUT2D eigenvalue weighted by atomic mass is 9.95. The van der Waals surface area contributed by atoms with Crippen molar-refractivity contribution < 1.29 is 4.79 Å². The molecule has 0 aromatic heterocycles. The first-order chi connectivity index (χ1) is 9.22. The Bertz CT molecular complexity index is 474. The van der Waals surface area contributed by atoms with Gasteiger partial charge in [-0.1, -0.05) is 36.2 Å². The minimum Gasteiger partial charge on any atom is -0.353 e. The number of hydrogen-bond donors (Lipinski definition) is 1. The fraction of sp³-hybridized carbons (Fsp3) is 0.562. The first kappa shape index (κ1) is 13.0. The quantitative estimate of drug-likeness (QED) is 0.895. The number of carbonyl (C=O) groups excluding carboxylic acids is 1. The summed E-state index contributed by atoms with van der Waals surface area (Å²) in [6, 6.07) is 8.20. The van der Waals surface area contributed by atoms with E-state index in [1.165, 1.54) is 25.7 Å². The van der Waals surface area contributed by atoms with E-state index in [9.17, 15) is 4.79 Å². The first-order valence-corrected chi connectivity index (χ1v) is 7.63. The molecule has 0 unspecified atom stereocenters. The van der Waals surface area contributed by atoms with Crippen molar-refractivity contribution in [3.63, 3.8) is 0 Å². The summed E-state index contributed by atoms with van der Waals surface area (Å²) in [4.78, 5) is 12.0. The van der Waals surface area contributed by atoms with E-state index in [0.717, 1.165) is 28.8 Å². The Balaban J connectivity index is 1.48. The van der Waals surface area contributed by atoms with Crippen LogP contribution >= 0.6 is 11.6 Å². The van der Waals surface area contributed by atoms with Crippen molar-refractivity contribution in [2.24, 2.45) is 11.8 Å². The third kappa shape index (κ3) is 2.94. The van der Waals surface area contributed by atoms with Gasteiger partial charge in [0.1, 0.15) is 0 Å². The number of amides is 1. The topological polar surface area (TPSA) is 29.1 Å². The largest absolute Gasteiger partial charge is 0.353 e. The Labute approximate surface area is 119 Å². The molecule has 2 bridgehead atoms. The molecule has 0 spiro atoms. The lowest BCUT2D eigenvalue weighted by Crippen LogP contribution is -2.38. The second-order valence-corrected chi connectivity index (χ2v) is 6.35. The molecule has 1 aromatic carbocycles. The fourth-order valence-corrected chi connectivity index (χ4v) is 3.88. The van der Waals surface area contributed by atoms with Crippen LogP contribution < -0.4 is 5.32 Å². The second-order valence-electron chi connectivity index (χ2n) is 5.94. The molecule has 1 aromatic rings. The second kappa shape index (κ2) is 5.54. The van der Waals surface area contributed by atoms with Crippen molar-refractivity contribution in [3.05, 3.63) is 34.9 Å². The molecule has 2 fully saturated rings. The molecule has 0 saturated heterocycles. The van der Waals surface area contributed by atoms with E-state index in [0.29, 0.717) is 12.5 Å². The predicted octanol–water partition coefficient (Wildman–Crippen LogP) is 3.58. The monoisotopic (exact) mass is 277 g/mol. The van der Waals surface area contributed by atoms with Crippen LogP contribution in [0.3, 0.4) is 0 Å². The normalized spacial score (nSPS) is 28.6. The number of rotatable bonds is 4. The molecule has 3 rings (SSSR count). The van der Waals surface area contributed by atoms with Gasteiger partial charge in [0.25, 0.3) is 0 Å². The molecule has 1 N–H and O–H groups in total. The van der Waals surface area contributed by atoms with Crippen molar-refractivity contribution in [1.29, 1.82) is 0 Å². The van der Waals surface area contributed by atoms with Crippen molar-refractivity contribution in [1.82, 2.24) is 5.32 Å². The summed E-state index contributed by atoms with van der Waals surface area (Å²) in [5.41, 5.74) is 1.06. The maximum Gasteiger partial charge on any atom is 0.220 e. The third-order valence-electron chi connectivity index (χ3n) is 4.66. The molecule has 2 saturated carbocycles. The van der Waals surface area contributed by atoms with E-state index in [-0.39, 0.29) is 5.91 Å². The smallest absolute Gasteiger partial charge is 0.220 e. The molecule has 1 amide bonds. The highest BCUT2D eigenvalue weighted by atomic mass is 35.5. The van der Waals surface area contributed by atoms with Gasteiger partial charge in [0.15, 0.2) is 0 Å². The van der Waals surface area contributed by atoms with Gasteiger partial charge in [-0.05, 0) is 49.1 Å². The summed E-state index contributed by atoms with van der Waals surface area (Å²) in [6.45, 7) is 0. The van der Waals surface area contributed by atoms with Crippen LogP contribution in [-0.2, 0) is 11.2 Å². The summed E-state index contributed by atoms with van der Waals surface area (Å²) in [7, 11) is 0. The average molecular weight is 278 g/mol. The number of halogens is 1. The molecule has 19 heavy (non-hydrogen) atoms. The number of carbonyl (C=O) groups is 1. The zero-order valence-electron chi connectivity index (χ0n) is 11.1. The van der Waals surface area contributed by atoms with E-state index in [1.54, 1.807) is 0 Å². The molecule has 0 heterocycles. The zero-order chi connectivity index (χ0) is 13.2. The molecule has 2 nitrogen and oxygen atoms in total. The van der Waals surface area contributed by atoms with Gasteiger partial charge < -0.3 is 5.32 Å².